The van der Waals surface area contributed by atoms with Crippen LogP contribution in [0.25, 0.3) is 11.0 Å². The third-order valence-corrected chi connectivity index (χ3v) is 4.09. The first-order valence-electron chi connectivity index (χ1n) is 6.33. The smallest absolute Gasteiger partial charge is 0.336 e. The van der Waals surface area contributed by atoms with Crippen LogP contribution in [-0.2, 0) is 6.61 Å². The molecule has 0 bridgehead atoms. The summed E-state index contributed by atoms with van der Waals surface area (Å²) in [7, 11) is 0. The van der Waals surface area contributed by atoms with E-state index in [0.29, 0.717) is 21.4 Å². The van der Waals surface area contributed by atoms with Gasteiger partial charge in [0.05, 0.1) is 5.02 Å². The number of hydrogen-bond donors (Lipinski definition) is 0. The van der Waals surface area contributed by atoms with Crippen LogP contribution in [0, 0.1) is 0 Å². The van der Waals surface area contributed by atoms with Crippen molar-refractivity contribution >= 4 is 50.1 Å². The van der Waals surface area contributed by atoms with Crippen LogP contribution in [0.2, 0.25) is 10.0 Å². The Labute approximate surface area is 144 Å². The standard InChI is InChI=1S/C16H9BrCl2O3/c17-10-1-3-14-12(6-10)9(5-16(20)22-14)8-21-15-4-2-11(18)7-13(15)19/h1-7H,8H2. The van der Waals surface area contributed by atoms with Crippen molar-refractivity contribution in [3.05, 3.63) is 73.0 Å². The monoisotopic (exact) mass is 398 g/mol. The highest BCUT2D eigenvalue weighted by Gasteiger charge is 2.09. The van der Waals surface area contributed by atoms with E-state index in [1.807, 2.05) is 12.1 Å². The summed E-state index contributed by atoms with van der Waals surface area (Å²) >= 11 is 15.3. The lowest BCUT2D eigenvalue weighted by Gasteiger charge is -2.10. The molecule has 3 rings (SSSR count). The van der Waals surface area contributed by atoms with E-state index >= 15 is 0 Å². The highest BCUT2D eigenvalue weighted by molar-refractivity contribution is 9.10. The van der Waals surface area contributed by atoms with Gasteiger partial charge in [0, 0.05) is 26.5 Å². The van der Waals surface area contributed by atoms with Crippen molar-refractivity contribution in [2.24, 2.45) is 0 Å². The predicted molar refractivity (Wildman–Crippen MR) is 91.0 cm³/mol. The minimum absolute atomic E-state index is 0.194. The Hall–Kier alpha value is -1.49. The topological polar surface area (TPSA) is 39.4 Å². The van der Waals surface area contributed by atoms with Gasteiger partial charge < -0.3 is 9.15 Å². The molecule has 3 aromatic rings. The van der Waals surface area contributed by atoms with Crippen LogP contribution >= 0.6 is 39.1 Å². The second-order valence-electron chi connectivity index (χ2n) is 4.59. The van der Waals surface area contributed by atoms with E-state index in [1.54, 1.807) is 24.3 Å². The summed E-state index contributed by atoms with van der Waals surface area (Å²) in [6, 6.07) is 11.8. The van der Waals surface area contributed by atoms with Crippen LogP contribution in [-0.4, -0.2) is 0 Å². The zero-order chi connectivity index (χ0) is 15.7. The summed E-state index contributed by atoms with van der Waals surface area (Å²) in [6.07, 6.45) is 0. The van der Waals surface area contributed by atoms with Crippen molar-refractivity contribution in [3.8, 4) is 5.75 Å². The first-order valence-corrected chi connectivity index (χ1v) is 7.88. The number of hydrogen-bond acceptors (Lipinski definition) is 3. The lowest BCUT2D eigenvalue weighted by Crippen LogP contribution is -2.04. The molecule has 0 N–H and O–H groups in total. The first-order chi connectivity index (χ1) is 10.5. The summed E-state index contributed by atoms with van der Waals surface area (Å²) in [5, 5.41) is 1.76. The van der Waals surface area contributed by atoms with Gasteiger partial charge in [0.1, 0.15) is 17.9 Å². The molecule has 0 saturated heterocycles. The second-order valence-corrected chi connectivity index (χ2v) is 6.35. The van der Waals surface area contributed by atoms with Crippen LogP contribution in [0.4, 0.5) is 0 Å². The summed E-state index contributed by atoms with van der Waals surface area (Å²) in [5.41, 5.74) is 0.811. The lowest BCUT2D eigenvalue weighted by atomic mass is 10.1. The van der Waals surface area contributed by atoms with E-state index in [-0.39, 0.29) is 6.61 Å². The van der Waals surface area contributed by atoms with Gasteiger partial charge in [-0.2, -0.15) is 0 Å². The predicted octanol–water partition coefficient (Wildman–Crippen LogP) is 5.44. The van der Waals surface area contributed by atoms with Crippen LogP contribution in [0.1, 0.15) is 5.56 Å². The third kappa shape index (κ3) is 3.29. The summed E-state index contributed by atoms with van der Waals surface area (Å²) < 4.78 is 11.8. The first kappa shape index (κ1) is 15.4. The van der Waals surface area contributed by atoms with Crippen LogP contribution in [0.3, 0.4) is 0 Å². The number of ether oxygens (including phenoxy) is 1. The van der Waals surface area contributed by atoms with Gasteiger partial charge in [-0.15, -0.1) is 0 Å². The summed E-state index contributed by atoms with van der Waals surface area (Å²) in [6.45, 7) is 0.194. The minimum Gasteiger partial charge on any atom is -0.487 e. The molecule has 3 nitrogen and oxygen atoms in total. The van der Waals surface area contributed by atoms with Crippen molar-refractivity contribution in [2.45, 2.75) is 6.61 Å². The molecule has 112 valence electrons. The molecule has 0 unspecified atom stereocenters. The Kier molecular flexibility index (Phi) is 4.43. The Bertz CT molecular complexity index is 906. The Morgan fingerprint density at radius 3 is 2.68 bits per heavy atom. The molecule has 6 heteroatoms. The van der Waals surface area contributed by atoms with Gasteiger partial charge in [0.2, 0.25) is 0 Å². The third-order valence-electron chi connectivity index (χ3n) is 3.07. The molecular formula is C16H9BrCl2O3. The zero-order valence-electron chi connectivity index (χ0n) is 11.1. The molecule has 2 aromatic carbocycles. The van der Waals surface area contributed by atoms with Crippen molar-refractivity contribution in [1.82, 2.24) is 0 Å². The van der Waals surface area contributed by atoms with E-state index in [2.05, 4.69) is 15.9 Å². The fourth-order valence-corrected chi connectivity index (χ4v) is 2.89. The zero-order valence-corrected chi connectivity index (χ0v) is 14.2. The maximum atomic E-state index is 11.6. The van der Waals surface area contributed by atoms with Crippen molar-refractivity contribution in [2.75, 3.05) is 0 Å². The largest absolute Gasteiger partial charge is 0.487 e. The molecule has 1 aromatic heterocycles. The molecule has 0 aliphatic heterocycles. The Morgan fingerprint density at radius 1 is 1.09 bits per heavy atom. The maximum absolute atomic E-state index is 11.6. The van der Waals surface area contributed by atoms with E-state index < -0.39 is 5.63 Å². The van der Waals surface area contributed by atoms with Crippen molar-refractivity contribution in [3.63, 3.8) is 0 Å². The quantitative estimate of drug-likeness (QED) is 0.550. The minimum atomic E-state index is -0.421. The van der Waals surface area contributed by atoms with Gasteiger partial charge in [-0.25, -0.2) is 4.79 Å². The van der Waals surface area contributed by atoms with E-state index in [9.17, 15) is 4.79 Å². The molecule has 0 saturated carbocycles. The van der Waals surface area contributed by atoms with Crippen LogP contribution in [0.15, 0.2) is 56.1 Å². The van der Waals surface area contributed by atoms with Crippen molar-refractivity contribution in [1.29, 1.82) is 0 Å². The van der Waals surface area contributed by atoms with E-state index in [0.717, 1.165) is 15.4 Å². The molecular weight excluding hydrogens is 391 g/mol. The molecule has 0 radical (unpaired) electrons. The van der Waals surface area contributed by atoms with Gasteiger partial charge in [0.25, 0.3) is 0 Å². The van der Waals surface area contributed by atoms with Crippen molar-refractivity contribution < 1.29 is 9.15 Å². The number of benzene rings is 2. The highest BCUT2D eigenvalue weighted by atomic mass is 79.9. The molecule has 0 fully saturated rings. The summed E-state index contributed by atoms with van der Waals surface area (Å²) in [4.78, 5) is 11.6. The fraction of sp³-hybridized carbons (Fsp3) is 0.0625. The second kappa shape index (κ2) is 6.32. The van der Waals surface area contributed by atoms with Crippen LogP contribution < -0.4 is 10.4 Å². The molecule has 0 spiro atoms. The Balaban J connectivity index is 1.96. The molecule has 22 heavy (non-hydrogen) atoms. The van der Waals surface area contributed by atoms with E-state index in [1.165, 1.54) is 6.07 Å². The number of rotatable bonds is 3. The maximum Gasteiger partial charge on any atom is 0.336 e. The number of fused-ring (bicyclic) bond motifs is 1. The normalized spacial score (nSPS) is 10.9. The van der Waals surface area contributed by atoms with E-state index in [4.69, 9.17) is 32.4 Å². The fourth-order valence-electron chi connectivity index (χ4n) is 2.07. The van der Waals surface area contributed by atoms with Gasteiger partial charge in [-0.3, -0.25) is 0 Å². The molecule has 0 aliphatic rings. The average Bonchev–Trinajstić information content (AvgIpc) is 2.46. The number of halogens is 3. The van der Waals surface area contributed by atoms with Gasteiger partial charge in [0.15, 0.2) is 0 Å². The molecule has 1 heterocycles. The van der Waals surface area contributed by atoms with Gasteiger partial charge >= 0.3 is 5.63 Å². The lowest BCUT2D eigenvalue weighted by molar-refractivity contribution is 0.307. The van der Waals surface area contributed by atoms with Gasteiger partial charge in [-0.1, -0.05) is 39.1 Å². The molecule has 0 aliphatic carbocycles. The molecule has 0 atom stereocenters. The highest BCUT2D eigenvalue weighted by Crippen LogP contribution is 2.29. The average molecular weight is 400 g/mol. The van der Waals surface area contributed by atoms with Crippen LogP contribution in [0.5, 0.6) is 5.75 Å². The Morgan fingerprint density at radius 2 is 1.91 bits per heavy atom. The van der Waals surface area contributed by atoms with Gasteiger partial charge in [-0.05, 0) is 36.4 Å². The molecule has 0 amide bonds. The SMILES string of the molecule is O=c1cc(COc2ccc(Cl)cc2Cl)c2cc(Br)ccc2o1. The summed E-state index contributed by atoms with van der Waals surface area (Å²) in [5.74, 6) is 0.502.